The molecule has 0 bridgehead atoms. The molecule has 1 aromatic heterocycles. The van der Waals surface area contributed by atoms with Gasteiger partial charge in [0.05, 0.1) is 10.4 Å². The second-order valence-electron chi connectivity index (χ2n) is 4.77. The first-order chi connectivity index (χ1) is 9.65. The van der Waals surface area contributed by atoms with Gasteiger partial charge in [-0.2, -0.15) is 0 Å². The number of nitrogens with zero attached hydrogens (tertiary/aromatic N) is 2. The van der Waals surface area contributed by atoms with Crippen molar-refractivity contribution in [3.05, 3.63) is 39.0 Å². The van der Waals surface area contributed by atoms with E-state index in [4.69, 9.17) is 0 Å². The summed E-state index contributed by atoms with van der Waals surface area (Å²) in [5, 5.41) is 18.5. The van der Waals surface area contributed by atoms with Crippen LogP contribution in [0.4, 0.5) is 11.4 Å². The molecule has 3 rings (SSSR count). The number of hydrogen-bond donors (Lipinski definition) is 2. The van der Waals surface area contributed by atoms with Crippen molar-refractivity contribution >= 4 is 38.2 Å². The van der Waals surface area contributed by atoms with E-state index in [1.165, 1.54) is 6.20 Å². The van der Waals surface area contributed by atoms with Gasteiger partial charge in [0.25, 0.3) is 0 Å². The fraction of sp³-hybridized carbons (Fsp3) is 0.308. The summed E-state index contributed by atoms with van der Waals surface area (Å²) in [6.45, 7) is 1.74. The molecular weight excluding hydrogens is 324 g/mol. The molecule has 104 valence electrons. The van der Waals surface area contributed by atoms with Crippen molar-refractivity contribution in [3.8, 4) is 0 Å². The Kier molecular flexibility index (Phi) is 3.54. The minimum absolute atomic E-state index is 0.0162. The minimum Gasteiger partial charge on any atom is -0.375 e. The predicted molar refractivity (Wildman–Crippen MR) is 81.0 cm³/mol. The summed E-state index contributed by atoms with van der Waals surface area (Å²) >= 11 is 3.40. The lowest BCUT2D eigenvalue weighted by Gasteiger charge is -2.15. The number of rotatable bonds is 3. The van der Waals surface area contributed by atoms with E-state index in [2.05, 4.69) is 31.5 Å². The number of aromatic nitrogens is 1. The van der Waals surface area contributed by atoms with Crippen LogP contribution in [0.1, 0.15) is 6.42 Å². The lowest BCUT2D eigenvalue weighted by atomic mass is 10.1. The zero-order valence-electron chi connectivity index (χ0n) is 10.6. The molecule has 1 atom stereocenters. The fourth-order valence-electron chi connectivity index (χ4n) is 2.43. The molecule has 7 heteroatoms. The molecule has 20 heavy (non-hydrogen) atoms. The van der Waals surface area contributed by atoms with Crippen LogP contribution in [0.25, 0.3) is 10.9 Å². The molecule has 2 N–H and O–H groups in total. The maximum Gasteiger partial charge on any atom is 0.311 e. The van der Waals surface area contributed by atoms with Crippen LogP contribution in [0.3, 0.4) is 0 Å². The summed E-state index contributed by atoms with van der Waals surface area (Å²) in [6.07, 6.45) is 2.27. The third kappa shape index (κ3) is 2.46. The zero-order chi connectivity index (χ0) is 14.1. The average Bonchev–Trinajstić information content (AvgIpc) is 2.92. The summed E-state index contributed by atoms with van der Waals surface area (Å²) < 4.78 is 0.875. The third-order valence-electron chi connectivity index (χ3n) is 3.42. The maximum atomic E-state index is 11.2. The largest absolute Gasteiger partial charge is 0.375 e. The van der Waals surface area contributed by atoms with Gasteiger partial charge >= 0.3 is 5.69 Å². The monoisotopic (exact) mass is 336 g/mol. The Bertz CT molecular complexity index is 671. The average molecular weight is 337 g/mol. The highest BCUT2D eigenvalue weighted by atomic mass is 79.9. The molecule has 1 saturated heterocycles. The quantitative estimate of drug-likeness (QED) is 0.665. The molecule has 6 nitrogen and oxygen atoms in total. The Morgan fingerprint density at radius 1 is 1.50 bits per heavy atom. The molecule has 1 aliphatic heterocycles. The Morgan fingerprint density at radius 3 is 3.05 bits per heavy atom. The Morgan fingerprint density at radius 2 is 2.35 bits per heavy atom. The molecular formula is C13H13BrN4O2. The third-order valence-corrected chi connectivity index (χ3v) is 3.91. The van der Waals surface area contributed by atoms with Crippen LogP contribution in [0.15, 0.2) is 28.9 Å². The van der Waals surface area contributed by atoms with Crippen LogP contribution in [0.2, 0.25) is 0 Å². The van der Waals surface area contributed by atoms with E-state index < -0.39 is 4.92 Å². The number of halogens is 1. The molecule has 2 aromatic rings. The maximum absolute atomic E-state index is 11.2. The number of nitro groups is 1. The van der Waals surface area contributed by atoms with Gasteiger partial charge < -0.3 is 10.6 Å². The molecule has 1 aliphatic rings. The van der Waals surface area contributed by atoms with Gasteiger partial charge in [0.2, 0.25) is 0 Å². The summed E-state index contributed by atoms with van der Waals surface area (Å²) in [4.78, 5) is 15.0. The smallest absolute Gasteiger partial charge is 0.311 e. The van der Waals surface area contributed by atoms with Crippen molar-refractivity contribution in [2.45, 2.75) is 12.5 Å². The summed E-state index contributed by atoms with van der Waals surface area (Å²) in [5.41, 5.74) is 1.31. The van der Waals surface area contributed by atoms with E-state index in [-0.39, 0.29) is 11.7 Å². The van der Waals surface area contributed by atoms with Crippen molar-refractivity contribution in [2.24, 2.45) is 0 Å². The molecule has 0 amide bonds. The van der Waals surface area contributed by atoms with Gasteiger partial charge in [-0.15, -0.1) is 0 Å². The molecule has 0 aliphatic carbocycles. The van der Waals surface area contributed by atoms with E-state index in [0.717, 1.165) is 34.9 Å². The molecule has 1 fully saturated rings. The highest BCUT2D eigenvalue weighted by Crippen LogP contribution is 2.34. The molecule has 1 aromatic carbocycles. The van der Waals surface area contributed by atoms with Gasteiger partial charge in [0, 0.05) is 22.4 Å². The highest BCUT2D eigenvalue weighted by molar-refractivity contribution is 9.10. The Labute approximate surface area is 123 Å². The van der Waals surface area contributed by atoms with Gasteiger partial charge in [0.1, 0.15) is 11.9 Å². The van der Waals surface area contributed by atoms with E-state index >= 15 is 0 Å². The van der Waals surface area contributed by atoms with E-state index in [9.17, 15) is 10.1 Å². The first-order valence-electron chi connectivity index (χ1n) is 6.35. The van der Waals surface area contributed by atoms with Crippen LogP contribution in [0.5, 0.6) is 0 Å². The highest BCUT2D eigenvalue weighted by Gasteiger charge is 2.22. The molecule has 1 unspecified atom stereocenters. The van der Waals surface area contributed by atoms with Gasteiger partial charge in [-0.05, 0) is 31.2 Å². The molecule has 0 saturated carbocycles. The van der Waals surface area contributed by atoms with E-state index in [1.807, 2.05) is 18.2 Å². The summed E-state index contributed by atoms with van der Waals surface area (Å²) in [7, 11) is 0. The van der Waals surface area contributed by atoms with Crippen LogP contribution in [0, 0.1) is 10.1 Å². The molecule has 0 spiro atoms. The Balaban J connectivity index is 2.14. The topological polar surface area (TPSA) is 80.1 Å². The van der Waals surface area contributed by atoms with Crippen molar-refractivity contribution < 1.29 is 4.92 Å². The number of fused-ring (bicyclic) bond motifs is 1. The predicted octanol–water partition coefficient (Wildman–Crippen LogP) is 2.68. The fourth-order valence-corrected chi connectivity index (χ4v) is 2.79. The lowest BCUT2D eigenvalue weighted by Crippen LogP contribution is -2.22. The number of anilines is 1. The number of pyridine rings is 1. The Hall–Kier alpha value is -1.73. The minimum atomic E-state index is -0.391. The van der Waals surface area contributed by atoms with Crippen molar-refractivity contribution in [1.29, 1.82) is 0 Å². The van der Waals surface area contributed by atoms with Crippen LogP contribution in [-0.2, 0) is 0 Å². The first-order valence-corrected chi connectivity index (χ1v) is 7.14. The second kappa shape index (κ2) is 5.34. The standard InChI is InChI=1S/C13H13BrN4O2/c14-8-1-2-11-10(5-8)13(12(7-16-11)18(19)20)17-9-3-4-15-6-9/h1-2,5,7,9,15H,3-4,6H2,(H,16,17). The number of hydrogen-bond acceptors (Lipinski definition) is 5. The van der Waals surface area contributed by atoms with Crippen LogP contribution in [-0.4, -0.2) is 29.0 Å². The zero-order valence-corrected chi connectivity index (χ0v) is 12.2. The van der Waals surface area contributed by atoms with Gasteiger partial charge in [0.15, 0.2) is 0 Å². The van der Waals surface area contributed by atoms with Crippen molar-refractivity contribution in [2.75, 3.05) is 18.4 Å². The van der Waals surface area contributed by atoms with Crippen LogP contribution < -0.4 is 10.6 Å². The first kappa shape index (κ1) is 13.3. The van der Waals surface area contributed by atoms with Gasteiger partial charge in [-0.1, -0.05) is 15.9 Å². The second-order valence-corrected chi connectivity index (χ2v) is 5.69. The SMILES string of the molecule is O=[N+]([O-])c1cnc2ccc(Br)cc2c1NC1CCNC1. The van der Waals surface area contributed by atoms with Crippen LogP contribution >= 0.6 is 15.9 Å². The molecule has 2 heterocycles. The van der Waals surface area contributed by atoms with Crippen molar-refractivity contribution in [1.82, 2.24) is 10.3 Å². The molecule has 0 radical (unpaired) electrons. The van der Waals surface area contributed by atoms with E-state index in [1.54, 1.807) is 0 Å². The number of benzene rings is 1. The number of nitrogens with one attached hydrogen (secondary N) is 2. The summed E-state index contributed by atoms with van der Waals surface area (Å²) in [5.74, 6) is 0. The normalized spacial score (nSPS) is 18.4. The van der Waals surface area contributed by atoms with Crippen molar-refractivity contribution in [3.63, 3.8) is 0 Å². The lowest BCUT2D eigenvalue weighted by molar-refractivity contribution is -0.384. The van der Waals surface area contributed by atoms with Gasteiger partial charge in [-0.3, -0.25) is 10.1 Å². The summed E-state index contributed by atoms with van der Waals surface area (Å²) in [6, 6.07) is 5.79. The van der Waals surface area contributed by atoms with Gasteiger partial charge in [-0.25, -0.2) is 4.98 Å². The van der Waals surface area contributed by atoms with E-state index in [0.29, 0.717) is 5.69 Å².